The predicted molar refractivity (Wildman–Crippen MR) is 67.8 cm³/mol. The van der Waals surface area contributed by atoms with E-state index in [9.17, 15) is 0 Å². The highest BCUT2D eigenvalue weighted by atomic mass is 32.1. The third-order valence-electron chi connectivity index (χ3n) is 2.35. The first-order valence-electron chi connectivity index (χ1n) is 5.33. The number of thiophene rings is 1. The molecule has 0 aliphatic carbocycles. The lowest BCUT2D eigenvalue weighted by molar-refractivity contribution is 0.299. The lowest BCUT2D eigenvalue weighted by atomic mass is 10.2. The van der Waals surface area contributed by atoms with Gasteiger partial charge in [0, 0.05) is 17.3 Å². The SMILES string of the molecule is NC(CCOc1ccccc1)c1cccs1. The Morgan fingerprint density at radius 2 is 1.94 bits per heavy atom. The van der Waals surface area contributed by atoms with Crippen LogP contribution in [0.4, 0.5) is 0 Å². The van der Waals surface area contributed by atoms with Crippen LogP contribution in [0.25, 0.3) is 0 Å². The van der Waals surface area contributed by atoms with Gasteiger partial charge in [-0.1, -0.05) is 24.3 Å². The monoisotopic (exact) mass is 233 g/mol. The van der Waals surface area contributed by atoms with E-state index in [0.717, 1.165) is 12.2 Å². The van der Waals surface area contributed by atoms with Crippen LogP contribution in [0, 0.1) is 0 Å². The van der Waals surface area contributed by atoms with Gasteiger partial charge in [0.1, 0.15) is 5.75 Å². The molecule has 0 saturated heterocycles. The molecule has 1 heterocycles. The molecule has 0 aliphatic heterocycles. The third-order valence-corrected chi connectivity index (χ3v) is 3.35. The highest BCUT2D eigenvalue weighted by Gasteiger charge is 2.06. The van der Waals surface area contributed by atoms with E-state index in [1.165, 1.54) is 4.88 Å². The van der Waals surface area contributed by atoms with Gasteiger partial charge in [-0.15, -0.1) is 11.3 Å². The van der Waals surface area contributed by atoms with E-state index in [-0.39, 0.29) is 6.04 Å². The molecule has 84 valence electrons. The molecule has 3 heteroatoms. The minimum Gasteiger partial charge on any atom is -0.494 e. The summed E-state index contributed by atoms with van der Waals surface area (Å²) in [6, 6.07) is 14.0. The van der Waals surface area contributed by atoms with Gasteiger partial charge in [-0.3, -0.25) is 0 Å². The van der Waals surface area contributed by atoms with Crippen LogP contribution in [-0.4, -0.2) is 6.61 Å². The molecular weight excluding hydrogens is 218 g/mol. The second-order valence-electron chi connectivity index (χ2n) is 3.57. The molecule has 1 aromatic heterocycles. The zero-order valence-corrected chi connectivity index (χ0v) is 9.82. The zero-order valence-electron chi connectivity index (χ0n) is 9.00. The Morgan fingerprint density at radius 3 is 2.62 bits per heavy atom. The summed E-state index contributed by atoms with van der Waals surface area (Å²) >= 11 is 1.70. The van der Waals surface area contributed by atoms with Gasteiger partial charge < -0.3 is 10.5 Å². The predicted octanol–water partition coefficient (Wildman–Crippen LogP) is 3.22. The Balaban J connectivity index is 1.76. The van der Waals surface area contributed by atoms with Crippen molar-refractivity contribution in [1.29, 1.82) is 0 Å². The number of nitrogens with two attached hydrogens (primary N) is 1. The van der Waals surface area contributed by atoms with Crippen LogP contribution in [0.2, 0.25) is 0 Å². The van der Waals surface area contributed by atoms with Crippen molar-refractivity contribution in [2.75, 3.05) is 6.61 Å². The molecule has 0 bridgehead atoms. The van der Waals surface area contributed by atoms with Crippen LogP contribution in [-0.2, 0) is 0 Å². The highest BCUT2D eigenvalue weighted by molar-refractivity contribution is 7.10. The van der Waals surface area contributed by atoms with E-state index in [2.05, 4.69) is 6.07 Å². The molecule has 0 saturated carbocycles. The second kappa shape index (κ2) is 5.68. The van der Waals surface area contributed by atoms with E-state index < -0.39 is 0 Å². The Hall–Kier alpha value is -1.32. The lowest BCUT2D eigenvalue weighted by Crippen LogP contribution is -2.12. The van der Waals surface area contributed by atoms with Crippen molar-refractivity contribution in [3.63, 3.8) is 0 Å². The van der Waals surface area contributed by atoms with E-state index in [1.54, 1.807) is 11.3 Å². The van der Waals surface area contributed by atoms with Crippen molar-refractivity contribution in [3.05, 3.63) is 52.7 Å². The molecule has 0 aliphatic rings. The minimum absolute atomic E-state index is 0.0868. The summed E-state index contributed by atoms with van der Waals surface area (Å²) in [7, 11) is 0. The molecule has 2 nitrogen and oxygen atoms in total. The van der Waals surface area contributed by atoms with Gasteiger partial charge in [-0.05, 0) is 23.6 Å². The topological polar surface area (TPSA) is 35.2 Å². The average molecular weight is 233 g/mol. The fourth-order valence-electron chi connectivity index (χ4n) is 1.46. The van der Waals surface area contributed by atoms with Crippen molar-refractivity contribution in [2.24, 2.45) is 5.73 Å². The normalized spacial score (nSPS) is 12.3. The summed E-state index contributed by atoms with van der Waals surface area (Å²) in [5, 5.41) is 2.05. The van der Waals surface area contributed by atoms with Crippen LogP contribution < -0.4 is 10.5 Å². The summed E-state index contributed by atoms with van der Waals surface area (Å²) < 4.78 is 5.60. The Labute approximate surface area is 99.7 Å². The number of rotatable bonds is 5. The maximum atomic E-state index is 6.03. The van der Waals surface area contributed by atoms with Crippen molar-refractivity contribution in [1.82, 2.24) is 0 Å². The first-order chi connectivity index (χ1) is 7.86. The van der Waals surface area contributed by atoms with Crippen molar-refractivity contribution in [3.8, 4) is 5.75 Å². The van der Waals surface area contributed by atoms with Gasteiger partial charge in [0.05, 0.1) is 6.61 Å². The smallest absolute Gasteiger partial charge is 0.119 e. The average Bonchev–Trinajstić information content (AvgIpc) is 2.84. The van der Waals surface area contributed by atoms with Crippen LogP contribution >= 0.6 is 11.3 Å². The fourth-order valence-corrected chi connectivity index (χ4v) is 2.23. The van der Waals surface area contributed by atoms with Crippen molar-refractivity contribution >= 4 is 11.3 Å². The number of hydrogen-bond donors (Lipinski definition) is 1. The van der Waals surface area contributed by atoms with Crippen LogP contribution in [0.15, 0.2) is 47.8 Å². The molecule has 0 fully saturated rings. The standard InChI is InChI=1S/C13H15NOS/c14-12(13-7-4-10-16-13)8-9-15-11-5-2-1-3-6-11/h1-7,10,12H,8-9,14H2. The molecule has 0 radical (unpaired) electrons. The Kier molecular flexibility index (Phi) is 3.97. The molecule has 1 aromatic carbocycles. The van der Waals surface area contributed by atoms with Gasteiger partial charge in [0.15, 0.2) is 0 Å². The molecule has 1 atom stereocenters. The van der Waals surface area contributed by atoms with Crippen molar-refractivity contribution in [2.45, 2.75) is 12.5 Å². The molecule has 2 rings (SSSR count). The quantitative estimate of drug-likeness (QED) is 0.860. The zero-order chi connectivity index (χ0) is 11.2. The first-order valence-corrected chi connectivity index (χ1v) is 6.21. The number of ether oxygens (including phenoxy) is 1. The van der Waals surface area contributed by atoms with Crippen LogP contribution in [0.3, 0.4) is 0 Å². The molecular formula is C13H15NOS. The number of benzene rings is 1. The lowest BCUT2D eigenvalue weighted by Gasteiger charge is -2.10. The van der Waals surface area contributed by atoms with E-state index >= 15 is 0 Å². The minimum atomic E-state index is 0.0868. The van der Waals surface area contributed by atoms with E-state index in [0.29, 0.717) is 6.61 Å². The first kappa shape index (κ1) is 11.2. The maximum absolute atomic E-state index is 6.03. The summed E-state index contributed by atoms with van der Waals surface area (Å²) in [5.74, 6) is 0.904. The van der Waals surface area contributed by atoms with Gasteiger partial charge in [0.25, 0.3) is 0 Å². The second-order valence-corrected chi connectivity index (χ2v) is 4.55. The largest absolute Gasteiger partial charge is 0.494 e. The molecule has 16 heavy (non-hydrogen) atoms. The highest BCUT2D eigenvalue weighted by Crippen LogP contribution is 2.19. The van der Waals surface area contributed by atoms with Gasteiger partial charge in [-0.2, -0.15) is 0 Å². The molecule has 0 amide bonds. The van der Waals surface area contributed by atoms with Gasteiger partial charge in [-0.25, -0.2) is 0 Å². The Bertz CT molecular complexity index is 399. The number of hydrogen-bond acceptors (Lipinski definition) is 3. The van der Waals surface area contributed by atoms with Crippen LogP contribution in [0.1, 0.15) is 17.3 Å². The van der Waals surface area contributed by atoms with Crippen molar-refractivity contribution < 1.29 is 4.74 Å². The molecule has 1 unspecified atom stereocenters. The van der Waals surface area contributed by atoms with E-state index in [4.69, 9.17) is 10.5 Å². The van der Waals surface area contributed by atoms with Gasteiger partial charge in [0.2, 0.25) is 0 Å². The summed E-state index contributed by atoms with van der Waals surface area (Å²) in [6.45, 7) is 0.656. The maximum Gasteiger partial charge on any atom is 0.119 e. The van der Waals surface area contributed by atoms with Crippen LogP contribution in [0.5, 0.6) is 5.75 Å². The van der Waals surface area contributed by atoms with E-state index in [1.807, 2.05) is 41.8 Å². The summed E-state index contributed by atoms with van der Waals surface area (Å²) in [4.78, 5) is 1.22. The van der Waals surface area contributed by atoms with Gasteiger partial charge >= 0.3 is 0 Å². The molecule has 2 aromatic rings. The summed E-state index contributed by atoms with van der Waals surface area (Å²) in [5.41, 5.74) is 6.03. The number of para-hydroxylation sites is 1. The Morgan fingerprint density at radius 1 is 1.12 bits per heavy atom. The fraction of sp³-hybridized carbons (Fsp3) is 0.231. The molecule has 0 spiro atoms. The third kappa shape index (κ3) is 3.08. The summed E-state index contributed by atoms with van der Waals surface area (Å²) in [6.07, 6.45) is 0.843. The molecule has 2 N–H and O–H groups in total.